The fraction of sp³-hybridized carbons (Fsp3) is 0.444. The van der Waals surface area contributed by atoms with Crippen molar-refractivity contribution in [2.75, 3.05) is 55.7 Å². The molecule has 13 nitrogen and oxygen atoms in total. The maximum atomic E-state index is 15.2. The normalized spacial score (nSPS) is 17.9. The molecule has 2 aliphatic heterocycles. The number of rotatable bonds is 9. The minimum atomic E-state index is -0.831. The summed E-state index contributed by atoms with van der Waals surface area (Å²) in [5.41, 5.74) is 0.539. The molecule has 2 unspecified atom stereocenters. The summed E-state index contributed by atoms with van der Waals surface area (Å²) in [5.74, 6) is -1.21. The van der Waals surface area contributed by atoms with Crippen molar-refractivity contribution in [1.82, 2.24) is 29.9 Å². The summed E-state index contributed by atoms with van der Waals surface area (Å²) in [6, 6.07) is 3.48. The molecule has 3 aromatic rings. The first-order valence-corrected chi connectivity index (χ1v) is 13.7. The summed E-state index contributed by atoms with van der Waals surface area (Å²) in [6.07, 6.45) is 3.22. The van der Waals surface area contributed by atoms with Gasteiger partial charge < -0.3 is 29.9 Å². The highest BCUT2D eigenvalue weighted by atomic mass is 19.1. The standard InChI is InChI=1S/C27H32F2N8O5/c1-3-41-26(39)32-14-20-16-37(27(40)42-20)19-11-21(28)23(22(29)12-19)34-7-9-35(10-8-34)24(38)17(2)31-13-18-15-36-6-4-5-30-25(36)33-18/h4-6,11-12,15,17,20,31H,3,7-10,13-14,16H2,1-2H3,(H,32,39). The van der Waals surface area contributed by atoms with Crippen molar-refractivity contribution in [2.24, 2.45) is 0 Å². The van der Waals surface area contributed by atoms with Crippen LogP contribution in [0.2, 0.25) is 0 Å². The average Bonchev–Trinajstić information content (AvgIpc) is 3.57. The van der Waals surface area contributed by atoms with E-state index in [0.717, 1.165) is 22.7 Å². The van der Waals surface area contributed by atoms with Crippen molar-refractivity contribution >= 4 is 35.2 Å². The van der Waals surface area contributed by atoms with Crippen LogP contribution in [0.4, 0.5) is 29.7 Å². The van der Waals surface area contributed by atoms with E-state index >= 15 is 8.78 Å². The van der Waals surface area contributed by atoms with Gasteiger partial charge in [-0.25, -0.2) is 28.3 Å². The lowest BCUT2D eigenvalue weighted by Crippen LogP contribution is -2.53. The van der Waals surface area contributed by atoms with Crippen LogP contribution >= 0.6 is 0 Å². The Morgan fingerprint density at radius 2 is 1.93 bits per heavy atom. The number of piperazine rings is 1. The van der Waals surface area contributed by atoms with Crippen LogP contribution in [-0.2, 0) is 20.8 Å². The molecular weight excluding hydrogens is 554 g/mol. The fourth-order valence-corrected chi connectivity index (χ4v) is 4.96. The number of nitrogens with one attached hydrogen (secondary N) is 2. The van der Waals surface area contributed by atoms with Crippen LogP contribution in [0.3, 0.4) is 0 Å². The zero-order valence-electron chi connectivity index (χ0n) is 23.3. The monoisotopic (exact) mass is 586 g/mol. The molecule has 2 atom stereocenters. The first-order valence-electron chi connectivity index (χ1n) is 13.7. The lowest BCUT2D eigenvalue weighted by Gasteiger charge is -2.37. The van der Waals surface area contributed by atoms with Gasteiger partial charge in [-0.1, -0.05) is 0 Å². The van der Waals surface area contributed by atoms with Crippen molar-refractivity contribution < 1.29 is 32.6 Å². The summed E-state index contributed by atoms with van der Waals surface area (Å²) >= 11 is 0. The van der Waals surface area contributed by atoms with Gasteiger partial charge in [0.05, 0.1) is 37.1 Å². The van der Waals surface area contributed by atoms with Crippen LogP contribution in [0.25, 0.3) is 5.78 Å². The van der Waals surface area contributed by atoms with E-state index in [4.69, 9.17) is 9.47 Å². The van der Waals surface area contributed by atoms with Gasteiger partial charge in [-0.2, -0.15) is 0 Å². The molecule has 1 aromatic carbocycles. The predicted molar refractivity (Wildman–Crippen MR) is 147 cm³/mol. The van der Waals surface area contributed by atoms with Crippen molar-refractivity contribution in [1.29, 1.82) is 0 Å². The van der Waals surface area contributed by atoms with Crippen LogP contribution in [0, 0.1) is 11.6 Å². The van der Waals surface area contributed by atoms with E-state index in [9.17, 15) is 14.4 Å². The highest BCUT2D eigenvalue weighted by Crippen LogP contribution is 2.31. The second-order valence-corrected chi connectivity index (χ2v) is 9.95. The number of benzene rings is 1. The fourth-order valence-electron chi connectivity index (χ4n) is 4.96. The highest BCUT2D eigenvalue weighted by Gasteiger charge is 2.34. The Morgan fingerprint density at radius 3 is 2.62 bits per heavy atom. The van der Waals surface area contributed by atoms with E-state index in [1.165, 1.54) is 0 Å². The second kappa shape index (κ2) is 12.5. The van der Waals surface area contributed by atoms with Gasteiger partial charge >= 0.3 is 12.2 Å². The Labute approximate surface area is 240 Å². The average molecular weight is 587 g/mol. The molecule has 4 heterocycles. The van der Waals surface area contributed by atoms with E-state index in [2.05, 4.69) is 20.6 Å². The highest BCUT2D eigenvalue weighted by molar-refractivity contribution is 5.90. The molecule has 0 radical (unpaired) electrons. The molecule has 224 valence electrons. The van der Waals surface area contributed by atoms with E-state index in [-0.39, 0.29) is 63.2 Å². The van der Waals surface area contributed by atoms with Crippen LogP contribution in [0.1, 0.15) is 19.5 Å². The molecular formula is C27H32F2N8O5. The number of carbonyl (C=O) groups excluding carboxylic acids is 3. The number of aromatic nitrogens is 3. The number of halogens is 2. The maximum absolute atomic E-state index is 15.2. The van der Waals surface area contributed by atoms with Crippen molar-refractivity contribution in [3.05, 3.63) is 54.1 Å². The molecule has 2 aromatic heterocycles. The number of fused-ring (bicyclic) bond motifs is 1. The first kappa shape index (κ1) is 29.0. The molecule has 3 amide bonds. The molecule has 42 heavy (non-hydrogen) atoms. The summed E-state index contributed by atoms with van der Waals surface area (Å²) in [6.45, 7) is 5.05. The number of hydrogen-bond acceptors (Lipinski definition) is 9. The molecule has 5 rings (SSSR count). The van der Waals surface area contributed by atoms with Gasteiger partial charge in [0.2, 0.25) is 11.7 Å². The van der Waals surface area contributed by atoms with Gasteiger partial charge in [-0.3, -0.25) is 14.1 Å². The van der Waals surface area contributed by atoms with Crippen LogP contribution in [0.5, 0.6) is 0 Å². The smallest absolute Gasteiger partial charge is 0.414 e. The minimum absolute atomic E-state index is 0.000729. The number of cyclic esters (lactones) is 1. The summed E-state index contributed by atoms with van der Waals surface area (Å²) in [4.78, 5) is 49.8. The summed E-state index contributed by atoms with van der Waals surface area (Å²) < 4.78 is 42.2. The van der Waals surface area contributed by atoms with Crippen LogP contribution in [0.15, 0.2) is 36.8 Å². The van der Waals surface area contributed by atoms with Gasteiger partial charge in [0.1, 0.15) is 11.8 Å². The third-order valence-corrected chi connectivity index (χ3v) is 7.09. The van der Waals surface area contributed by atoms with E-state index in [0.29, 0.717) is 12.3 Å². The maximum Gasteiger partial charge on any atom is 0.414 e. The number of alkyl carbamates (subject to hydrolysis) is 1. The molecule has 2 fully saturated rings. The molecule has 2 N–H and O–H groups in total. The summed E-state index contributed by atoms with van der Waals surface area (Å²) in [7, 11) is 0. The zero-order valence-corrected chi connectivity index (χ0v) is 23.3. The number of carbonyl (C=O) groups is 3. The van der Waals surface area contributed by atoms with Gasteiger partial charge in [-0.15, -0.1) is 0 Å². The molecule has 2 aliphatic rings. The number of ether oxygens (including phenoxy) is 2. The van der Waals surface area contributed by atoms with Crippen molar-refractivity contribution in [3.63, 3.8) is 0 Å². The molecule has 0 bridgehead atoms. The quantitative estimate of drug-likeness (QED) is 0.386. The lowest BCUT2D eigenvalue weighted by atomic mass is 10.1. The first-order chi connectivity index (χ1) is 20.2. The van der Waals surface area contributed by atoms with Gasteiger partial charge in [0.25, 0.3) is 0 Å². The predicted octanol–water partition coefficient (Wildman–Crippen LogP) is 1.91. The molecule has 2 saturated heterocycles. The lowest BCUT2D eigenvalue weighted by molar-refractivity contribution is -0.133. The van der Waals surface area contributed by atoms with Gasteiger partial charge in [0, 0.05) is 63.4 Å². The minimum Gasteiger partial charge on any atom is -0.450 e. The van der Waals surface area contributed by atoms with E-state index < -0.39 is 36.0 Å². The largest absolute Gasteiger partial charge is 0.450 e. The summed E-state index contributed by atoms with van der Waals surface area (Å²) in [5, 5.41) is 5.65. The number of imidazole rings is 1. The topological polar surface area (TPSA) is 134 Å². The number of nitrogens with zero attached hydrogens (tertiary/aromatic N) is 6. The Balaban J connectivity index is 1.14. The third-order valence-electron chi connectivity index (χ3n) is 7.09. The molecule has 0 saturated carbocycles. The second-order valence-electron chi connectivity index (χ2n) is 9.95. The number of anilines is 2. The van der Waals surface area contributed by atoms with E-state index in [1.54, 1.807) is 40.3 Å². The third kappa shape index (κ3) is 6.35. The van der Waals surface area contributed by atoms with Crippen molar-refractivity contribution in [2.45, 2.75) is 32.5 Å². The van der Waals surface area contributed by atoms with Crippen LogP contribution < -0.4 is 20.4 Å². The SMILES string of the molecule is CCOC(=O)NCC1CN(c2cc(F)c(N3CCN(C(=O)C(C)NCc4cn5cccnc5n4)CC3)c(F)c2)C(=O)O1. The van der Waals surface area contributed by atoms with Gasteiger partial charge in [0.15, 0.2) is 11.6 Å². The Hall–Kier alpha value is -4.53. The molecule has 0 spiro atoms. The Bertz CT molecular complexity index is 1410. The van der Waals surface area contributed by atoms with E-state index in [1.807, 2.05) is 12.4 Å². The van der Waals surface area contributed by atoms with Crippen molar-refractivity contribution in [3.8, 4) is 0 Å². The molecule has 15 heteroatoms. The Kier molecular flexibility index (Phi) is 8.66. The van der Waals surface area contributed by atoms with Crippen LogP contribution in [-0.4, -0.2) is 95.4 Å². The number of hydrogen-bond donors (Lipinski definition) is 2. The Morgan fingerprint density at radius 1 is 1.19 bits per heavy atom. The van der Waals surface area contributed by atoms with Gasteiger partial charge in [-0.05, 0) is 19.9 Å². The zero-order chi connectivity index (χ0) is 29.8. The number of amides is 3. The molecule has 0 aliphatic carbocycles.